The lowest BCUT2D eigenvalue weighted by Crippen LogP contribution is -2.38. The Kier molecular flexibility index (Phi) is 4.16. The van der Waals surface area contributed by atoms with Crippen molar-refractivity contribution in [3.63, 3.8) is 0 Å². The van der Waals surface area contributed by atoms with E-state index in [1.54, 1.807) is 6.20 Å². The van der Waals surface area contributed by atoms with Gasteiger partial charge >= 0.3 is 0 Å². The first kappa shape index (κ1) is 13.5. The molecule has 1 heterocycles. The lowest BCUT2D eigenvalue weighted by atomic mass is 9.87. The van der Waals surface area contributed by atoms with E-state index in [0.717, 1.165) is 30.5 Å². The SMILES string of the molecule is CCc1cccnc1CNC(=O)C1(C#N)CCCC1. The van der Waals surface area contributed by atoms with Crippen LogP contribution in [-0.4, -0.2) is 10.9 Å². The van der Waals surface area contributed by atoms with Crippen molar-refractivity contribution < 1.29 is 4.79 Å². The van der Waals surface area contributed by atoms with E-state index in [0.29, 0.717) is 19.4 Å². The van der Waals surface area contributed by atoms with Crippen LogP contribution in [0.3, 0.4) is 0 Å². The number of aromatic nitrogens is 1. The Hall–Kier alpha value is -1.89. The lowest BCUT2D eigenvalue weighted by molar-refractivity contribution is -0.128. The van der Waals surface area contributed by atoms with Crippen molar-refractivity contribution in [2.24, 2.45) is 5.41 Å². The maximum Gasteiger partial charge on any atom is 0.240 e. The van der Waals surface area contributed by atoms with Gasteiger partial charge in [-0.1, -0.05) is 25.8 Å². The lowest BCUT2D eigenvalue weighted by Gasteiger charge is -2.19. The molecule has 1 saturated carbocycles. The fourth-order valence-electron chi connectivity index (χ4n) is 2.65. The molecular weight excluding hydrogens is 238 g/mol. The van der Waals surface area contributed by atoms with Crippen LogP contribution in [0.5, 0.6) is 0 Å². The molecule has 0 unspecified atom stereocenters. The predicted octanol–water partition coefficient (Wildman–Crippen LogP) is 2.34. The van der Waals surface area contributed by atoms with Gasteiger partial charge in [-0.25, -0.2) is 0 Å². The van der Waals surface area contributed by atoms with Gasteiger partial charge in [0.1, 0.15) is 5.41 Å². The monoisotopic (exact) mass is 257 g/mol. The molecule has 1 amide bonds. The number of hydrogen-bond acceptors (Lipinski definition) is 3. The highest BCUT2D eigenvalue weighted by molar-refractivity contribution is 5.85. The van der Waals surface area contributed by atoms with Crippen molar-refractivity contribution in [2.75, 3.05) is 0 Å². The molecule has 0 atom stereocenters. The van der Waals surface area contributed by atoms with E-state index in [9.17, 15) is 10.1 Å². The minimum atomic E-state index is -0.804. The van der Waals surface area contributed by atoms with Gasteiger partial charge in [0.25, 0.3) is 0 Å². The molecule has 1 aliphatic rings. The standard InChI is InChI=1S/C15H19N3O/c1-2-12-6-5-9-17-13(12)10-18-14(19)15(11-16)7-3-4-8-15/h5-6,9H,2-4,7-8,10H2,1H3,(H,18,19). The number of aryl methyl sites for hydroxylation is 1. The first-order valence-corrected chi connectivity index (χ1v) is 6.84. The Morgan fingerprint density at radius 3 is 2.89 bits per heavy atom. The van der Waals surface area contributed by atoms with Crippen LogP contribution in [-0.2, 0) is 17.8 Å². The van der Waals surface area contributed by atoms with Crippen LogP contribution >= 0.6 is 0 Å². The minimum Gasteiger partial charge on any atom is -0.349 e. The molecule has 1 aromatic rings. The second-order valence-electron chi connectivity index (χ2n) is 5.05. The van der Waals surface area contributed by atoms with E-state index in [2.05, 4.69) is 23.3 Å². The van der Waals surface area contributed by atoms with Crippen molar-refractivity contribution in [2.45, 2.75) is 45.6 Å². The largest absolute Gasteiger partial charge is 0.349 e. The van der Waals surface area contributed by atoms with Crippen LogP contribution in [0.25, 0.3) is 0 Å². The van der Waals surface area contributed by atoms with E-state index in [-0.39, 0.29) is 5.91 Å². The topological polar surface area (TPSA) is 65.8 Å². The molecule has 19 heavy (non-hydrogen) atoms. The molecule has 1 N–H and O–H groups in total. The van der Waals surface area contributed by atoms with Gasteiger partial charge in [0.15, 0.2) is 0 Å². The molecule has 0 bridgehead atoms. The zero-order valence-corrected chi connectivity index (χ0v) is 11.3. The molecule has 0 radical (unpaired) electrons. The van der Waals surface area contributed by atoms with Crippen molar-refractivity contribution in [1.29, 1.82) is 5.26 Å². The Morgan fingerprint density at radius 1 is 1.53 bits per heavy atom. The van der Waals surface area contributed by atoms with Crippen LogP contribution < -0.4 is 5.32 Å². The molecule has 1 fully saturated rings. The van der Waals surface area contributed by atoms with Crippen molar-refractivity contribution >= 4 is 5.91 Å². The van der Waals surface area contributed by atoms with Crippen LogP contribution in [0, 0.1) is 16.7 Å². The highest BCUT2D eigenvalue weighted by Crippen LogP contribution is 2.37. The van der Waals surface area contributed by atoms with Crippen molar-refractivity contribution in [3.05, 3.63) is 29.6 Å². The summed E-state index contributed by atoms with van der Waals surface area (Å²) in [5.74, 6) is -0.139. The number of rotatable bonds is 4. The summed E-state index contributed by atoms with van der Waals surface area (Å²) in [6.07, 6.45) is 5.91. The third-order valence-corrected chi connectivity index (χ3v) is 3.89. The fraction of sp³-hybridized carbons (Fsp3) is 0.533. The number of nitriles is 1. The Morgan fingerprint density at radius 2 is 2.26 bits per heavy atom. The molecule has 0 saturated heterocycles. The van der Waals surface area contributed by atoms with Gasteiger partial charge in [-0.15, -0.1) is 0 Å². The molecule has 0 aliphatic heterocycles. The van der Waals surface area contributed by atoms with Gasteiger partial charge in [-0.2, -0.15) is 5.26 Å². The molecule has 4 nitrogen and oxygen atoms in total. The molecule has 2 rings (SSSR count). The Balaban J connectivity index is 2.02. The average Bonchev–Trinajstić information content (AvgIpc) is 2.95. The van der Waals surface area contributed by atoms with Crippen molar-refractivity contribution in [1.82, 2.24) is 10.3 Å². The third kappa shape index (κ3) is 2.76. The van der Waals surface area contributed by atoms with Gasteiger partial charge in [0, 0.05) is 6.20 Å². The quantitative estimate of drug-likeness (QED) is 0.900. The normalized spacial score (nSPS) is 16.8. The summed E-state index contributed by atoms with van der Waals surface area (Å²) in [6.45, 7) is 2.47. The molecule has 4 heteroatoms. The number of carbonyl (C=O) groups excluding carboxylic acids is 1. The zero-order chi connectivity index (χ0) is 13.7. The maximum atomic E-state index is 12.2. The highest BCUT2D eigenvalue weighted by atomic mass is 16.2. The molecular formula is C15H19N3O. The second kappa shape index (κ2) is 5.83. The van der Waals surface area contributed by atoms with E-state index in [4.69, 9.17) is 0 Å². The molecule has 1 aliphatic carbocycles. The Labute approximate surface area is 113 Å². The van der Waals surface area contributed by atoms with Gasteiger partial charge in [0.2, 0.25) is 5.91 Å². The number of hydrogen-bond donors (Lipinski definition) is 1. The zero-order valence-electron chi connectivity index (χ0n) is 11.3. The summed E-state index contributed by atoms with van der Waals surface area (Å²) in [5, 5.41) is 12.1. The van der Waals surface area contributed by atoms with Crippen molar-refractivity contribution in [3.8, 4) is 6.07 Å². The molecule has 100 valence electrons. The molecule has 0 spiro atoms. The number of carbonyl (C=O) groups is 1. The number of nitrogens with zero attached hydrogens (tertiary/aromatic N) is 2. The van der Waals surface area contributed by atoms with E-state index in [1.165, 1.54) is 0 Å². The molecule has 0 aromatic carbocycles. The summed E-state index contributed by atoms with van der Waals surface area (Å²) in [5.41, 5.74) is 1.23. The van der Waals surface area contributed by atoms with Gasteiger partial charge < -0.3 is 5.32 Å². The van der Waals surface area contributed by atoms with Gasteiger partial charge in [0.05, 0.1) is 18.3 Å². The molecule has 1 aromatic heterocycles. The van der Waals surface area contributed by atoms with E-state index < -0.39 is 5.41 Å². The first-order chi connectivity index (χ1) is 9.22. The van der Waals surface area contributed by atoms with Gasteiger partial charge in [-0.05, 0) is 30.9 Å². The van der Waals surface area contributed by atoms with E-state index in [1.807, 2.05) is 12.1 Å². The van der Waals surface area contributed by atoms with Crippen LogP contribution in [0.4, 0.5) is 0 Å². The smallest absolute Gasteiger partial charge is 0.240 e. The minimum absolute atomic E-state index is 0.139. The average molecular weight is 257 g/mol. The summed E-state index contributed by atoms with van der Waals surface area (Å²) in [6, 6.07) is 6.13. The number of nitrogens with one attached hydrogen (secondary N) is 1. The highest BCUT2D eigenvalue weighted by Gasteiger charge is 2.41. The predicted molar refractivity (Wildman–Crippen MR) is 72.0 cm³/mol. The summed E-state index contributed by atoms with van der Waals surface area (Å²) < 4.78 is 0. The van der Waals surface area contributed by atoms with Crippen LogP contribution in [0.2, 0.25) is 0 Å². The van der Waals surface area contributed by atoms with E-state index >= 15 is 0 Å². The van der Waals surface area contributed by atoms with Crippen LogP contribution in [0.15, 0.2) is 18.3 Å². The second-order valence-corrected chi connectivity index (χ2v) is 5.05. The summed E-state index contributed by atoms with van der Waals surface area (Å²) >= 11 is 0. The first-order valence-electron chi connectivity index (χ1n) is 6.84. The number of amides is 1. The maximum absolute atomic E-state index is 12.2. The summed E-state index contributed by atoms with van der Waals surface area (Å²) in [4.78, 5) is 16.5. The van der Waals surface area contributed by atoms with Crippen LogP contribution in [0.1, 0.15) is 43.9 Å². The summed E-state index contributed by atoms with van der Waals surface area (Å²) in [7, 11) is 0. The Bertz CT molecular complexity index is 498. The third-order valence-electron chi connectivity index (χ3n) is 3.89. The fourth-order valence-corrected chi connectivity index (χ4v) is 2.65. The van der Waals surface area contributed by atoms with Gasteiger partial charge in [-0.3, -0.25) is 9.78 Å². The number of pyridine rings is 1.